The van der Waals surface area contributed by atoms with Gasteiger partial charge in [-0.05, 0) is 17.5 Å². The van der Waals surface area contributed by atoms with Gasteiger partial charge >= 0.3 is 6.18 Å². The third-order valence-electron chi connectivity index (χ3n) is 1.65. The van der Waals surface area contributed by atoms with E-state index in [1.165, 1.54) is 22.2 Å². The van der Waals surface area contributed by atoms with Gasteiger partial charge in [-0.25, -0.2) is 4.68 Å². The Kier molecular flexibility index (Phi) is 2.07. The fraction of sp³-hybridized carbons (Fsp3) is 0.125. The summed E-state index contributed by atoms with van der Waals surface area (Å²) in [5.74, 6) is 0. The zero-order valence-electron chi connectivity index (χ0n) is 6.82. The summed E-state index contributed by atoms with van der Waals surface area (Å²) in [6, 6.07) is 2.66. The van der Waals surface area contributed by atoms with Crippen LogP contribution in [-0.2, 0) is 6.18 Å². The summed E-state index contributed by atoms with van der Waals surface area (Å²) in [4.78, 5) is 0. The molecule has 2 rings (SSSR count). The molecule has 0 saturated heterocycles. The Bertz CT molecular complexity index is 416. The van der Waals surface area contributed by atoms with Crippen molar-refractivity contribution >= 4 is 11.3 Å². The lowest BCUT2D eigenvalue weighted by molar-refractivity contribution is -0.141. The molecule has 74 valence electrons. The van der Waals surface area contributed by atoms with E-state index in [4.69, 9.17) is 0 Å². The number of rotatable bonds is 1. The maximum Gasteiger partial charge on any atom is 0.435 e. The maximum absolute atomic E-state index is 12.2. The molecule has 0 aliphatic carbocycles. The van der Waals surface area contributed by atoms with Crippen molar-refractivity contribution in [3.8, 4) is 5.69 Å². The lowest BCUT2D eigenvalue weighted by Crippen LogP contribution is -2.06. The van der Waals surface area contributed by atoms with Crippen molar-refractivity contribution in [2.24, 2.45) is 0 Å². The van der Waals surface area contributed by atoms with E-state index in [9.17, 15) is 13.2 Å². The molecule has 2 nitrogen and oxygen atoms in total. The van der Waals surface area contributed by atoms with Gasteiger partial charge in [-0.3, -0.25) is 0 Å². The summed E-state index contributed by atoms with van der Waals surface area (Å²) in [6.07, 6.45) is -3.08. The van der Waals surface area contributed by atoms with Gasteiger partial charge in [-0.1, -0.05) is 0 Å². The Morgan fingerprint density at radius 2 is 2.07 bits per heavy atom. The number of hydrogen-bond donors (Lipinski definition) is 0. The Hall–Kier alpha value is -1.30. The minimum absolute atomic E-state index is 0.644. The van der Waals surface area contributed by atoms with Gasteiger partial charge in [0.05, 0.1) is 5.69 Å². The SMILES string of the molecule is FC(F)(F)c1ccn(-c2ccsc2)n1. The van der Waals surface area contributed by atoms with Gasteiger partial charge in [-0.15, -0.1) is 0 Å². The molecule has 2 aromatic rings. The molecule has 0 atom stereocenters. The van der Waals surface area contributed by atoms with Crippen molar-refractivity contribution in [3.63, 3.8) is 0 Å². The first-order valence-electron chi connectivity index (χ1n) is 3.73. The van der Waals surface area contributed by atoms with Crippen molar-refractivity contribution in [3.05, 3.63) is 34.8 Å². The molecule has 0 aliphatic rings. The van der Waals surface area contributed by atoms with Gasteiger partial charge in [0.2, 0.25) is 0 Å². The normalized spacial score (nSPS) is 11.9. The molecule has 0 saturated carbocycles. The van der Waals surface area contributed by atoms with E-state index >= 15 is 0 Å². The molecule has 2 aromatic heterocycles. The van der Waals surface area contributed by atoms with E-state index in [1.54, 1.807) is 16.8 Å². The molecule has 0 amide bonds. The standard InChI is InChI=1S/C8H5F3N2S/c9-8(10,11)7-1-3-13(12-7)6-2-4-14-5-6/h1-5H. The molecule has 0 fully saturated rings. The third-order valence-corrected chi connectivity index (χ3v) is 2.32. The van der Waals surface area contributed by atoms with Crippen molar-refractivity contribution in [1.29, 1.82) is 0 Å². The minimum atomic E-state index is -4.37. The van der Waals surface area contributed by atoms with Gasteiger partial charge < -0.3 is 0 Å². The van der Waals surface area contributed by atoms with E-state index < -0.39 is 11.9 Å². The van der Waals surface area contributed by atoms with Crippen LogP contribution in [0.2, 0.25) is 0 Å². The number of thiophene rings is 1. The molecule has 0 aliphatic heterocycles. The summed E-state index contributed by atoms with van der Waals surface area (Å²) in [5.41, 5.74) is -0.228. The Balaban J connectivity index is 2.36. The van der Waals surface area contributed by atoms with Gasteiger partial charge in [0.25, 0.3) is 0 Å². The molecule has 0 bridgehead atoms. The number of aromatic nitrogens is 2. The van der Waals surface area contributed by atoms with Gasteiger partial charge in [-0.2, -0.15) is 29.6 Å². The average molecular weight is 218 g/mol. The van der Waals surface area contributed by atoms with Crippen LogP contribution in [-0.4, -0.2) is 9.78 Å². The molecule has 0 N–H and O–H groups in total. The highest BCUT2D eigenvalue weighted by atomic mass is 32.1. The van der Waals surface area contributed by atoms with E-state index in [2.05, 4.69) is 5.10 Å². The van der Waals surface area contributed by atoms with E-state index in [-0.39, 0.29) is 0 Å². The molecule has 14 heavy (non-hydrogen) atoms. The van der Waals surface area contributed by atoms with Crippen molar-refractivity contribution in [2.45, 2.75) is 6.18 Å². The van der Waals surface area contributed by atoms with Crippen molar-refractivity contribution in [2.75, 3.05) is 0 Å². The van der Waals surface area contributed by atoms with Crippen LogP contribution in [0.15, 0.2) is 29.1 Å². The lowest BCUT2D eigenvalue weighted by atomic mass is 10.4. The minimum Gasteiger partial charge on any atom is -0.240 e. The van der Waals surface area contributed by atoms with E-state index in [0.29, 0.717) is 5.69 Å². The third kappa shape index (κ3) is 1.65. The fourth-order valence-corrected chi connectivity index (χ4v) is 1.63. The zero-order chi connectivity index (χ0) is 10.2. The predicted octanol–water partition coefficient (Wildman–Crippen LogP) is 2.95. The Labute approximate surface area is 81.6 Å². The first kappa shape index (κ1) is 9.26. The molecule has 6 heteroatoms. The first-order valence-corrected chi connectivity index (χ1v) is 4.67. The largest absolute Gasteiger partial charge is 0.435 e. The van der Waals surface area contributed by atoms with Crippen LogP contribution in [0, 0.1) is 0 Å². The highest BCUT2D eigenvalue weighted by molar-refractivity contribution is 7.08. The van der Waals surface area contributed by atoms with Gasteiger partial charge in [0, 0.05) is 11.6 Å². The van der Waals surface area contributed by atoms with Crippen LogP contribution >= 0.6 is 11.3 Å². The summed E-state index contributed by atoms with van der Waals surface area (Å²) in [7, 11) is 0. The van der Waals surface area contributed by atoms with Crippen LogP contribution in [0.5, 0.6) is 0 Å². The van der Waals surface area contributed by atoms with Gasteiger partial charge in [0.15, 0.2) is 5.69 Å². The molecule has 0 aromatic carbocycles. The second kappa shape index (κ2) is 3.13. The number of alkyl halides is 3. The molecule has 2 heterocycles. The topological polar surface area (TPSA) is 17.8 Å². The molecule has 0 unspecified atom stereocenters. The van der Waals surface area contributed by atoms with E-state index in [1.807, 2.05) is 0 Å². The zero-order valence-corrected chi connectivity index (χ0v) is 7.64. The Morgan fingerprint density at radius 3 is 2.57 bits per heavy atom. The summed E-state index contributed by atoms with van der Waals surface area (Å²) < 4.78 is 37.7. The quantitative estimate of drug-likeness (QED) is 0.719. The summed E-state index contributed by atoms with van der Waals surface area (Å²) >= 11 is 1.41. The van der Waals surface area contributed by atoms with Crippen LogP contribution in [0.3, 0.4) is 0 Å². The highest BCUT2D eigenvalue weighted by Gasteiger charge is 2.33. The average Bonchev–Trinajstić information content (AvgIpc) is 2.73. The second-order valence-corrected chi connectivity index (χ2v) is 3.40. The highest BCUT2D eigenvalue weighted by Crippen LogP contribution is 2.27. The number of halogens is 3. The monoisotopic (exact) mass is 218 g/mol. The van der Waals surface area contributed by atoms with Crippen LogP contribution in [0.25, 0.3) is 5.69 Å². The van der Waals surface area contributed by atoms with Crippen LogP contribution in [0.1, 0.15) is 5.69 Å². The smallest absolute Gasteiger partial charge is 0.240 e. The Morgan fingerprint density at radius 1 is 1.29 bits per heavy atom. The first-order chi connectivity index (χ1) is 6.57. The maximum atomic E-state index is 12.2. The molecular weight excluding hydrogens is 213 g/mol. The lowest BCUT2D eigenvalue weighted by Gasteiger charge is -2.00. The predicted molar refractivity (Wildman–Crippen MR) is 46.4 cm³/mol. The number of nitrogens with zero attached hydrogens (tertiary/aromatic N) is 2. The van der Waals surface area contributed by atoms with E-state index in [0.717, 1.165) is 6.07 Å². The fourth-order valence-electron chi connectivity index (χ4n) is 1.01. The van der Waals surface area contributed by atoms with Crippen molar-refractivity contribution < 1.29 is 13.2 Å². The molecular formula is C8H5F3N2S. The second-order valence-electron chi connectivity index (χ2n) is 2.62. The van der Waals surface area contributed by atoms with Gasteiger partial charge in [0.1, 0.15) is 0 Å². The molecule has 0 radical (unpaired) electrons. The van der Waals surface area contributed by atoms with Crippen LogP contribution < -0.4 is 0 Å². The number of hydrogen-bond acceptors (Lipinski definition) is 2. The summed E-state index contributed by atoms with van der Waals surface area (Å²) in [6.45, 7) is 0. The van der Waals surface area contributed by atoms with Crippen molar-refractivity contribution in [1.82, 2.24) is 9.78 Å². The molecule has 0 spiro atoms. The van der Waals surface area contributed by atoms with Crippen LogP contribution in [0.4, 0.5) is 13.2 Å². The summed E-state index contributed by atoms with van der Waals surface area (Å²) in [5, 5.41) is 6.93.